The second-order valence-corrected chi connectivity index (χ2v) is 6.75. The van der Waals surface area contributed by atoms with Crippen LogP contribution in [0.1, 0.15) is 29.2 Å². The van der Waals surface area contributed by atoms with E-state index in [0.717, 1.165) is 49.6 Å². The molecule has 2 aromatic heterocycles. The van der Waals surface area contributed by atoms with E-state index in [1.807, 2.05) is 35.2 Å². The number of carbonyl (C=O) groups is 1. The number of H-pyrrole nitrogens is 1. The van der Waals surface area contributed by atoms with Crippen LogP contribution in [0.5, 0.6) is 0 Å². The molecule has 3 heterocycles. The number of aromatic nitrogens is 5. The van der Waals surface area contributed by atoms with E-state index < -0.39 is 0 Å². The summed E-state index contributed by atoms with van der Waals surface area (Å²) in [6.45, 7) is 1.54. The number of hydrogen-bond donors (Lipinski definition) is 1. The van der Waals surface area contributed by atoms with Crippen LogP contribution in [0.3, 0.4) is 0 Å². The number of carbonyl (C=O) groups excluding carboxylic acids is 1. The van der Waals surface area contributed by atoms with Crippen LogP contribution in [0, 0.1) is 5.92 Å². The summed E-state index contributed by atoms with van der Waals surface area (Å²) in [5, 5.41) is 11.5. The Morgan fingerprint density at radius 2 is 1.96 bits per heavy atom. The van der Waals surface area contributed by atoms with Gasteiger partial charge in [-0.25, -0.2) is 4.98 Å². The third-order valence-corrected chi connectivity index (χ3v) is 4.99. The van der Waals surface area contributed by atoms with Gasteiger partial charge >= 0.3 is 0 Å². The Bertz CT molecular complexity index is 876. The quantitative estimate of drug-likeness (QED) is 0.783. The van der Waals surface area contributed by atoms with Gasteiger partial charge in [0.25, 0.3) is 5.91 Å². The highest BCUT2D eigenvalue weighted by molar-refractivity contribution is 5.92. The number of aromatic amines is 1. The van der Waals surface area contributed by atoms with Crippen LogP contribution in [0.15, 0.2) is 42.6 Å². The largest absolute Gasteiger partial charge is 0.337 e. The molecule has 0 saturated carbocycles. The van der Waals surface area contributed by atoms with Gasteiger partial charge in [-0.1, -0.05) is 30.3 Å². The fraction of sp³-hybridized carbons (Fsp3) is 0.368. The molecule has 4 rings (SSSR count). The standard InChI is InChI=1S/C19H22N6O/c1-24-16(7-10-20-24)19(26)25-11-8-14(9-12-25)13-17-21-18(23-22-17)15-5-3-2-4-6-15/h2-7,10,14H,8-9,11-13H2,1H3,(H,21,22,23). The van der Waals surface area contributed by atoms with Crippen molar-refractivity contribution in [2.24, 2.45) is 13.0 Å². The lowest BCUT2D eigenvalue weighted by Crippen LogP contribution is -2.39. The van der Waals surface area contributed by atoms with Crippen LogP contribution in [-0.4, -0.2) is 48.9 Å². The van der Waals surface area contributed by atoms with Crippen LogP contribution < -0.4 is 0 Å². The number of nitrogens with one attached hydrogen (secondary N) is 1. The van der Waals surface area contributed by atoms with Gasteiger partial charge in [-0.2, -0.15) is 10.2 Å². The summed E-state index contributed by atoms with van der Waals surface area (Å²) in [4.78, 5) is 19.1. The van der Waals surface area contributed by atoms with E-state index in [1.165, 1.54) is 0 Å². The van der Waals surface area contributed by atoms with Crippen molar-refractivity contribution in [3.63, 3.8) is 0 Å². The van der Waals surface area contributed by atoms with Crippen LogP contribution in [0.2, 0.25) is 0 Å². The minimum absolute atomic E-state index is 0.0643. The molecule has 0 spiro atoms. The van der Waals surface area contributed by atoms with E-state index in [2.05, 4.69) is 20.3 Å². The predicted molar refractivity (Wildman–Crippen MR) is 97.4 cm³/mol. The van der Waals surface area contributed by atoms with Gasteiger partial charge in [-0.15, -0.1) is 0 Å². The molecule has 1 amide bonds. The fourth-order valence-corrected chi connectivity index (χ4v) is 3.46. The van der Waals surface area contributed by atoms with Crippen LogP contribution in [0.4, 0.5) is 0 Å². The van der Waals surface area contributed by atoms with Crippen molar-refractivity contribution in [3.05, 3.63) is 54.1 Å². The minimum atomic E-state index is 0.0643. The Kier molecular flexibility index (Phi) is 4.51. The first-order valence-corrected chi connectivity index (χ1v) is 8.94. The van der Waals surface area contributed by atoms with E-state index in [1.54, 1.807) is 24.0 Å². The highest BCUT2D eigenvalue weighted by Crippen LogP contribution is 2.22. The molecule has 1 aromatic carbocycles. The minimum Gasteiger partial charge on any atom is -0.337 e. The third-order valence-electron chi connectivity index (χ3n) is 4.99. The van der Waals surface area contributed by atoms with Gasteiger partial charge < -0.3 is 4.90 Å². The molecule has 0 bridgehead atoms. The van der Waals surface area contributed by atoms with Crippen molar-refractivity contribution >= 4 is 5.91 Å². The van der Waals surface area contributed by atoms with Crippen molar-refractivity contribution in [1.82, 2.24) is 29.9 Å². The summed E-state index contributed by atoms with van der Waals surface area (Å²) < 4.78 is 1.63. The average Bonchev–Trinajstić information content (AvgIpc) is 3.32. The number of likely N-dealkylation sites (tertiary alicyclic amines) is 1. The molecule has 1 saturated heterocycles. The molecule has 1 N–H and O–H groups in total. The number of amides is 1. The molecule has 1 aliphatic rings. The highest BCUT2D eigenvalue weighted by atomic mass is 16.2. The Hall–Kier alpha value is -2.96. The lowest BCUT2D eigenvalue weighted by molar-refractivity contribution is 0.0678. The second-order valence-electron chi connectivity index (χ2n) is 6.75. The predicted octanol–water partition coefficient (Wildman–Crippen LogP) is 2.30. The number of aryl methyl sites for hydroxylation is 1. The first-order valence-electron chi connectivity index (χ1n) is 8.94. The van der Waals surface area contributed by atoms with Gasteiger partial charge in [0.1, 0.15) is 11.5 Å². The molecule has 0 aliphatic carbocycles. The molecule has 3 aromatic rings. The van der Waals surface area contributed by atoms with E-state index in [0.29, 0.717) is 11.6 Å². The van der Waals surface area contributed by atoms with Crippen LogP contribution in [-0.2, 0) is 13.5 Å². The van der Waals surface area contributed by atoms with Crippen molar-refractivity contribution in [2.75, 3.05) is 13.1 Å². The molecule has 7 nitrogen and oxygen atoms in total. The molecule has 0 radical (unpaired) electrons. The van der Waals surface area contributed by atoms with Crippen molar-refractivity contribution in [1.29, 1.82) is 0 Å². The normalized spacial score (nSPS) is 15.3. The van der Waals surface area contributed by atoms with E-state index >= 15 is 0 Å². The Balaban J connectivity index is 1.34. The average molecular weight is 350 g/mol. The number of benzene rings is 1. The van der Waals surface area contributed by atoms with Gasteiger partial charge in [-0.3, -0.25) is 14.6 Å². The summed E-state index contributed by atoms with van der Waals surface area (Å²) in [5.74, 6) is 2.24. The first-order chi connectivity index (χ1) is 12.7. The zero-order valence-electron chi connectivity index (χ0n) is 14.8. The zero-order chi connectivity index (χ0) is 17.9. The molecule has 0 unspecified atom stereocenters. The maximum absolute atomic E-state index is 12.5. The molecule has 1 fully saturated rings. The van der Waals surface area contributed by atoms with Crippen molar-refractivity contribution in [2.45, 2.75) is 19.3 Å². The lowest BCUT2D eigenvalue weighted by Gasteiger charge is -2.31. The Labute approximate surface area is 152 Å². The van der Waals surface area contributed by atoms with E-state index in [4.69, 9.17) is 0 Å². The van der Waals surface area contributed by atoms with Crippen LogP contribution in [0.25, 0.3) is 11.4 Å². The molecular formula is C19H22N6O. The smallest absolute Gasteiger partial charge is 0.272 e. The van der Waals surface area contributed by atoms with E-state index in [9.17, 15) is 4.79 Å². The summed E-state index contributed by atoms with van der Waals surface area (Å²) >= 11 is 0. The lowest BCUT2D eigenvalue weighted by atomic mass is 9.93. The molecule has 7 heteroatoms. The van der Waals surface area contributed by atoms with Crippen molar-refractivity contribution in [3.8, 4) is 11.4 Å². The fourth-order valence-electron chi connectivity index (χ4n) is 3.46. The number of hydrogen-bond acceptors (Lipinski definition) is 4. The van der Waals surface area contributed by atoms with Gasteiger partial charge in [0.15, 0.2) is 5.82 Å². The Morgan fingerprint density at radius 3 is 2.65 bits per heavy atom. The zero-order valence-corrected chi connectivity index (χ0v) is 14.8. The second kappa shape index (κ2) is 7.11. The number of nitrogens with zero attached hydrogens (tertiary/aromatic N) is 5. The molecular weight excluding hydrogens is 328 g/mol. The van der Waals surface area contributed by atoms with Gasteiger partial charge in [0, 0.05) is 38.3 Å². The molecule has 1 aliphatic heterocycles. The van der Waals surface area contributed by atoms with E-state index in [-0.39, 0.29) is 5.91 Å². The maximum Gasteiger partial charge on any atom is 0.272 e. The van der Waals surface area contributed by atoms with Gasteiger partial charge in [0.2, 0.25) is 0 Å². The maximum atomic E-state index is 12.5. The molecule has 0 atom stereocenters. The third kappa shape index (κ3) is 3.37. The number of rotatable bonds is 4. The molecule has 134 valence electrons. The number of piperidine rings is 1. The molecule has 26 heavy (non-hydrogen) atoms. The summed E-state index contributed by atoms with van der Waals surface area (Å²) in [5.41, 5.74) is 1.66. The topological polar surface area (TPSA) is 79.7 Å². The van der Waals surface area contributed by atoms with Crippen LogP contribution >= 0.6 is 0 Å². The summed E-state index contributed by atoms with van der Waals surface area (Å²) in [6, 6.07) is 11.7. The Morgan fingerprint density at radius 1 is 1.19 bits per heavy atom. The summed E-state index contributed by atoms with van der Waals surface area (Å²) in [6.07, 6.45) is 4.48. The van der Waals surface area contributed by atoms with Crippen molar-refractivity contribution < 1.29 is 4.79 Å². The van der Waals surface area contributed by atoms with Gasteiger partial charge in [-0.05, 0) is 24.8 Å². The van der Waals surface area contributed by atoms with Gasteiger partial charge in [0.05, 0.1) is 0 Å². The SMILES string of the molecule is Cn1nccc1C(=O)N1CCC(Cc2nc(-c3ccccc3)n[nH]2)CC1. The first kappa shape index (κ1) is 16.5. The monoisotopic (exact) mass is 350 g/mol. The summed E-state index contributed by atoms with van der Waals surface area (Å²) in [7, 11) is 1.80. The highest BCUT2D eigenvalue weighted by Gasteiger charge is 2.25.